The molecule has 0 spiro atoms. The molecule has 84 valence electrons. The van der Waals surface area contributed by atoms with Gasteiger partial charge in [0.25, 0.3) is 0 Å². The smallest absolute Gasteiger partial charge is 0.330 e. The van der Waals surface area contributed by atoms with Crippen molar-refractivity contribution in [3.63, 3.8) is 0 Å². The molecule has 0 unspecified atom stereocenters. The fraction of sp³-hybridized carbons (Fsp3) is 0.167. The molecule has 1 aromatic rings. The molecule has 0 amide bonds. The van der Waals surface area contributed by atoms with E-state index in [2.05, 4.69) is 4.74 Å². The minimum Gasteiger partial charge on any atom is -0.466 e. The van der Waals surface area contributed by atoms with Crippen LogP contribution in [0.25, 0.3) is 6.08 Å². The number of Topliss-reactive ketones (excluding diaryl/α,β-unsaturated/α-hetero) is 1. The van der Waals surface area contributed by atoms with Gasteiger partial charge >= 0.3 is 5.97 Å². The van der Waals surface area contributed by atoms with Crippen molar-refractivity contribution in [1.82, 2.24) is 0 Å². The topological polar surface area (TPSA) is 43.4 Å². The van der Waals surface area contributed by atoms with Crippen LogP contribution >= 0.6 is 0 Å². The predicted octanol–water partition coefficient (Wildman–Crippen LogP) is 2.21. The second-order valence-electron chi connectivity index (χ2n) is 3.14. The molecule has 1 aromatic carbocycles. The number of hydrogen-bond donors (Lipinski definition) is 0. The van der Waals surface area contributed by atoms with E-state index in [4.69, 9.17) is 0 Å². The summed E-state index contributed by atoms with van der Waals surface area (Å²) in [5.74, 6) is -1.21. The molecule has 0 atom stereocenters. The third-order valence-corrected chi connectivity index (χ3v) is 1.99. The zero-order chi connectivity index (χ0) is 12.1. The Morgan fingerprint density at radius 1 is 1.38 bits per heavy atom. The quantitative estimate of drug-likeness (QED) is 0.447. The third kappa shape index (κ3) is 3.02. The Labute approximate surface area is 92.5 Å². The number of hydrogen-bond acceptors (Lipinski definition) is 3. The zero-order valence-electron chi connectivity index (χ0n) is 8.99. The number of carbonyl (C=O) groups excluding carboxylic acids is 2. The van der Waals surface area contributed by atoms with E-state index in [9.17, 15) is 14.0 Å². The molecule has 0 bridgehead atoms. The SMILES string of the molecule is COC(=O)C=Cc1cc(F)ccc1C(C)=O. The summed E-state index contributed by atoms with van der Waals surface area (Å²) in [4.78, 5) is 22.1. The van der Waals surface area contributed by atoms with Gasteiger partial charge in [0.1, 0.15) is 5.82 Å². The Morgan fingerprint density at radius 2 is 2.06 bits per heavy atom. The van der Waals surface area contributed by atoms with Gasteiger partial charge in [0.2, 0.25) is 0 Å². The first-order valence-electron chi connectivity index (χ1n) is 4.61. The van der Waals surface area contributed by atoms with Crippen molar-refractivity contribution in [3.8, 4) is 0 Å². The van der Waals surface area contributed by atoms with Crippen molar-refractivity contribution in [2.75, 3.05) is 7.11 Å². The number of ketones is 1. The molecule has 0 saturated heterocycles. The lowest BCUT2D eigenvalue weighted by Crippen LogP contribution is -1.98. The maximum Gasteiger partial charge on any atom is 0.330 e. The van der Waals surface area contributed by atoms with Crippen LogP contribution in [0.1, 0.15) is 22.8 Å². The number of methoxy groups -OCH3 is 1. The van der Waals surface area contributed by atoms with Crippen LogP contribution in [0.15, 0.2) is 24.3 Å². The molecule has 0 heterocycles. The lowest BCUT2D eigenvalue weighted by atomic mass is 10.0. The Kier molecular flexibility index (Phi) is 3.94. The minimum absolute atomic E-state index is 0.190. The summed E-state index contributed by atoms with van der Waals surface area (Å²) in [5.41, 5.74) is 0.722. The molecule has 1 rings (SSSR count). The first kappa shape index (κ1) is 12.1. The molecule has 0 aromatic heterocycles. The van der Waals surface area contributed by atoms with Crippen LogP contribution in [0.3, 0.4) is 0 Å². The molecule has 0 radical (unpaired) electrons. The highest BCUT2D eigenvalue weighted by molar-refractivity contribution is 5.99. The van der Waals surface area contributed by atoms with Gasteiger partial charge in [0.05, 0.1) is 7.11 Å². The fourth-order valence-electron chi connectivity index (χ4n) is 1.22. The van der Waals surface area contributed by atoms with Crippen LogP contribution in [0, 0.1) is 5.82 Å². The maximum atomic E-state index is 13.0. The molecule has 0 saturated carbocycles. The van der Waals surface area contributed by atoms with Gasteiger partial charge in [0.15, 0.2) is 5.78 Å². The average molecular weight is 222 g/mol. The summed E-state index contributed by atoms with van der Waals surface area (Å²) in [7, 11) is 1.24. The normalized spacial score (nSPS) is 10.4. The van der Waals surface area contributed by atoms with Gasteiger partial charge in [-0.25, -0.2) is 9.18 Å². The molecule has 0 fully saturated rings. The highest BCUT2D eigenvalue weighted by Crippen LogP contribution is 2.14. The average Bonchev–Trinajstić information content (AvgIpc) is 2.25. The molecule has 0 N–H and O–H groups in total. The molecule has 16 heavy (non-hydrogen) atoms. The van der Waals surface area contributed by atoms with E-state index in [0.717, 1.165) is 6.08 Å². The van der Waals surface area contributed by atoms with Gasteiger partial charge in [-0.2, -0.15) is 0 Å². The van der Waals surface area contributed by atoms with Crippen LogP contribution in [0.5, 0.6) is 0 Å². The van der Waals surface area contributed by atoms with Crippen LogP contribution in [0.4, 0.5) is 4.39 Å². The van der Waals surface area contributed by atoms with Gasteiger partial charge in [-0.15, -0.1) is 0 Å². The van der Waals surface area contributed by atoms with Crippen LogP contribution < -0.4 is 0 Å². The Balaban J connectivity index is 3.10. The maximum absolute atomic E-state index is 13.0. The summed E-state index contributed by atoms with van der Waals surface area (Å²) >= 11 is 0. The second kappa shape index (κ2) is 5.21. The van der Waals surface area contributed by atoms with Crippen LogP contribution in [0.2, 0.25) is 0 Å². The first-order chi connectivity index (χ1) is 7.54. The summed E-state index contributed by atoms with van der Waals surface area (Å²) in [5, 5.41) is 0. The number of carbonyl (C=O) groups is 2. The van der Waals surface area contributed by atoms with Crippen molar-refractivity contribution in [2.45, 2.75) is 6.92 Å². The van der Waals surface area contributed by atoms with E-state index in [0.29, 0.717) is 11.1 Å². The zero-order valence-corrected chi connectivity index (χ0v) is 8.99. The summed E-state index contributed by atoms with van der Waals surface area (Å²) in [6, 6.07) is 3.77. The van der Waals surface area contributed by atoms with E-state index >= 15 is 0 Å². The van der Waals surface area contributed by atoms with Crippen molar-refractivity contribution >= 4 is 17.8 Å². The number of ether oxygens (including phenoxy) is 1. The monoisotopic (exact) mass is 222 g/mol. The number of rotatable bonds is 3. The Bertz CT molecular complexity index is 450. The standard InChI is InChI=1S/C12H11FO3/c1-8(14)11-5-4-10(13)7-9(11)3-6-12(15)16-2/h3-7H,1-2H3. The molecule has 3 nitrogen and oxygen atoms in total. The van der Waals surface area contributed by atoms with Gasteiger partial charge in [0, 0.05) is 11.6 Å². The molecule has 0 aliphatic heterocycles. The highest BCUT2D eigenvalue weighted by Gasteiger charge is 2.06. The Morgan fingerprint density at radius 3 is 2.62 bits per heavy atom. The molecular weight excluding hydrogens is 211 g/mol. The highest BCUT2D eigenvalue weighted by atomic mass is 19.1. The van der Waals surface area contributed by atoms with Gasteiger partial charge in [-0.1, -0.05) is 0 Å². The van der Waals surface area contributed by atoms with Crippen molar-refractivity contribution < 1.29 is 18.7 Å². The lowest BCUT2D eigenvalue weighted by molar-refractivity contribution is -0.134. The predicted molar refractivity (Wildman–Crippen MR) is 57.5 cm³/mol. The van der Waals surface area contributed by atoms with E-state index in [1.807, 2.05) is 0 Å². The minimum atomic E-state index is -0.557. The molecule has 0 aliphatic rings. The van der Waals surface area contributed by atoms with Gasteiger partial charge in [-0.05, 0) is 36.8 Å². The van der Waals surface area contributed by atoms with E-state index < -0.39 is 11.8 Å². The van der Waals surface area contributed by atoms with Crippen LogP contribution in [-0.2, 0) is 9.53 Å². The summed E-state index contributed by atoms with van der Waals surface area (Å²) < 4.78 is 17.4. The lowest BCUT2D eigenvalue weighted by Gasteiger charge is -2.01. The van der Waals surface area contributed by atoms with Crippen molar-refractivity contribution in [3.05, 3.63) is 41.2 Å². The largest absolute Gasteiger partial charge is 0.466 e. The summed E-state index contributed by atoms with van der Waals surface area (Å²) in [6.07, 6.45) is 2.49. The van der Waals surface area contributed by atoms with Crippen LogP contribution in [-0.4, -0.2) is 18.9 Å². The summed E-state index contributed by atoms with van der Waals surface area (Å²) in [6.45, 7) is 1.38. The number of halogens is 1. The second-order valence-corrected chi connectivity index (χ2v) is 3.14. The van der Waals surface area contributed by atoms with E-state index in [-0.39, 0.29) is 5.78 Å². The molecule has 0 aliphatic carbocycles. The van der Waals surface area contributed by atoms with Gasteiger partial charge in [-0.3, -0.25) is 4.79 Å². The molecule has 4 heteroatoms. The van der Waals surface area contributed by atoms with Gasteiger partial charge < -0.3 is 4.74 Å². The fourth-order valence-corrected chi connectivity index (χ4v) is 1.22. The Hall–Kier alpha value is -1.97. The number of benzene rings is 1. The van der Waals surface area contributed by atoms with E-state index in [1.54, 1.807) is 0 Å². The van der Waals surface area contributed by atoms with Crippen molar-refractivity contribution in [2.24, 2.45) is 0 Å². The first-order valence-corrected chi connectivity index (χ1v) is 4.61. The molecular formula is C12H11FO3. The van der Waals surface area contributed by atoms with E-state index in [1.165, 1.54) is 38.3 Å². The number of esters is 1. The third-order valence-electron chi connectivity index (χ3n) is 1.99. The van der Waals surface area contributed by atoms with Crippen molar-refractivity contribution in [1.29, 1.82) is 0 Å².